The maximum atomic E-state index is 12.5. The van der Waals surface area contributed by atoms with Gasteiger partial charge in [0.2, 0.25) is 5.91 Å². The Morgan fingerprint density at radius 3 is 2.55 bits per heavy atom. The van der Waals surface area contributed by atoms with Gasteiger partial charge >= 0.3 is 0 Å². The number of likely N-dealkylation sites (tertiary alicyclic amines) is 2. The van der Waals surface area contributed by atoms with Gasteiger partial charge in [-0.15, -0.1) is 0 Å². The molecule has 5 nitrogen and oxygen atoms in total. The largest absolute Gasteiger partial charge is 0.338 e. The average Bonchev–Trinajstić information content (AvgIpc) is 3.03. The maximum Gasteiger partial charge on any atom is 0.223 e. The van der Waals surface area contributed by atoms with Crippen molar-refractivity contribution < 1.29 is 9.63 Å². The van der Waals surface area contributed by atoms with Crippen LogP contribution in [-0.2, 0) is 15.0 Å². The van der Waals surface area contributed by atoms with Crippen LogP contribution in [0, 0.1) is 5.92 Å². The second-order valence-corrected chi connectivity index (χ2v) is 9.60. The Balaban J connectivity index is 1.31. The molecule has 0 saturated carbocycles. The van der Waals surface area contributed by atoms with Gasteiger partial charge in [0.1, 0.15) is 0 Å². The Kier molecular flexibility index (Phi) is 5.17. The zero-order valence-electron chi connectivity index (χ0n) is 18.0. The lowest BCUT2D eigenvalue weighted by molar-refractivity contribution is -0.172. The molecule has 1 amide bonds. The van der Waals surface area contributed by atoms with Crippen molar-refractivity contribution in [3.05, 3.63) is 35.4 Å². The molecule has 2 atom stereocenters. The van der Waals surface area contributed by atoms with E-state index in [1.54, 1.807) is 0 Å². The summed E-state index contributed by atoms with van der Waals surface area (Å²) in [7, 11) is 2.00. The Morgan fingerprint density at radius 1 is 1.10 bits per heavy atom. The molecule has 5 heteroatoms. The van der Waals surface area contributed by atoms with Crippen molar-refractivity contribution in [3.63, 3.8) is 0 Å². The first-order valence-electron chi connectivity index (χ1n) is 11.6. The predicted octanol–water partition coefficient (Wildman–Crippen LogP) is 3.36. The van der Waals surface area contributed by atoms with E-state index < -0.39 is 0 Å². The van der Waals surface area contributed by atoms with Crippen molar-refractivity contribution in [2.75, 3.05) is 39.8 Å². The highest BCUT2D eigenvalue weighted by Gasteiger charge is 2.51. The van der Waals surface area contributed by atoms with Gasteiger partial charge in [0.25, 0.3) is 0 Å². The molecule has 4 aliphatic rings. The van der Waals surface area contributed by atoms with Gasteiger partial charge in [-0.25, -0.2) is 0 Å². The third-order valence-electron chi connectivity index (χ3n) is 8.20. The van der Waals surface area contributed by atoms with E-state index in [1.807, 2.05) is 11.9 Å². The maximum absolute atomic E-state index is 12.5. The molecule has 0 bridgehead atoms. The van der Waals surface area contributed by atoms with Gasteiger partial charge in [0, 0.05) is 32.6 Å². The minimum atomic E-state index is 0.270. The van der Waals surface area contributed by atoms with Crippen LogP contribution < -0.4 is 0 Å². The third kappa shape index (κ3) is 3.31. The number of nitrogens with zero attached hydrogens (tertiary/aromatic N) is 3. The van der Waals surface area contributed by atoms with Gasteiger partial charge in [-0.05, 0) is 74.6 Å². The summed E-state index contributed by atoms with van der Waals surface area (Å²) in [5.74, 6) is 0.814. The van der Waals surface area contributed by atoms with Crippen LogP contribution >= 0.6 is 0 Å². The SMILES string of the molecule is CCON1CCC(N2CCC3(CC2)C[C@H]2CC(=O)N(C)C2c2ccccc23)CC1. The lowest BCUT2D eigenvalue weighted by atomic mass is 9.60. The van der Waals surface area contributed by atoms with Crippen LogP contribution in [-0.4, -0.2) is 66.6 Å². The van der Waals surface area contributed by atoms with E-state index in [1.165, 1.54) is 56.3 Å². The lowest BCUT2D eigenvalue weighted by Gasteiger charge is -2.51. The van der Waals surface area contributed by atoms with E-state index in [9.17, 15) is 4.79 Å². The van der Waals surface area contributed by atoms with Crippen LogP contribution in [0.25, 0.3) is 0 Å². The number of hydroxylamine groups is 2. The van der Waals surface area contributed by atoms with Crippen molar-refractivity contribution >= 4 is 5.91 Å². The van der Waals surface area contributed by atoms with E-state index in [0.717, 1.165) is 26.1 Å². The zero-order chi connectivity index (χ0) is 20.0. The molecule has 5 rings (SSSR count). The summed E-state index contributed by atoms with van der Waals surface area (Å²) in [6, 6.07) is 10.0. The summed E-state index contributed by atoms with van der Waals surface area (Å²) < 4.78 is 0. The molecule has 3 aliphatic heterocycles. The van der Waals surface area contributed by atoms with Crippen molar-refractivity contribution in [2.45, 2.75) is 62.9 Å². The molecule has 3 heterocycles. The summed E-state index contributed by atoms with van der Waals surface area (Å²) in [6.45, 7) is 7.33. The highest BCUT2D eigenvalue weighted by molar-refractivity contribution is 5.80. The molecule has 0 radical (unpaired) electrons. The number of carbonyl (C=O) groups is 1. The number of hydrogen-bond donors (Lipinski definition) is 0. The molecule has 0 N–H and O–H groups in total. The topological polar surface area (TPSA) is 36.0 Å². The summed E-state index contributed by atoms with van der Waals surface area (Å²) in [4.78, 5) is 22.9. The Bertz CT molecular complexity index is 750. The first-order chi connectivity index (χ1) is 14.1. The second-order valence-electron chi connectivity index (χ2n) is 9.60. The standard InChI is InChI=1S/C24H35N3O2/c1-3-29-27-12-8-19(9-13-27)26-14-10-24(11-15-26)17-18-16-22(28)25(2)23(18)20-6-4-5-7-21(20)24/h4-7,18-19,23H,3,8-17H2,1-2H3/t18-,23?/m1/s1. The molecule has 1 aromatic rings. The Labute approximate surface area is 174 Å². The zero-order valence-corrected chi connectivity index (χ0v) is 18.0. The molecule has 29 heavy (non-hydrogen) atoms. The summed E-state index contributed by atoms with van der Waals surface area (Å²) in [5.41, 5.74) is 3.23. The van der Waals surface area contributed by atoms with Crippen molar-refractivity contribution in [1.82, 2.24) is 14.9 Å². The van der Waals surface area contributed by atoms with Crippen molar-refractivity contribution in [1.29, 1.82) is 0 Å². The molecule has 3 saturated heterocycles. The fourth-order valence-corrected chi connectivity index (χ4v) is 6.76. The van der Waals surface area contributed by atoms with Gasteiger partial charge in [0.05, 0.1) is 12.6 Å². The summed E-state index contributed by atoms with van der Waals surface area (Å²) in [6.07, 6.45) is 6.81. The predicted molar refractivity (Wildman–Crippen MR) is 113 cm³/mol. The van der Waals surface area contributed by atoms with E-state index in [0.29, 0.717) is 23.9 Å². The van der Waals surface area contributed by atoms with E-state index in [4.69, 9.17) is 4.84 Å². The molecule has 1 spiro atoms. The number of fused-ring (bicyclic) bond motifs is 4. The third-order valence-corrected chi connectivity index (χ3v) is 8.20. The normalized spacial score (nSPS) is 30.6. The van der Waals surface area contributed by atoms with Crippen LogP contribution in [0.15, 0.2) is 24.3 Å². The van der Waals surface area contributed by atoms with Crippen molar-refractivity contribution in [3.8, 4) is 0 Å². The van der Waals surface area contributed by atoms with Crippen LogP contribution in [0.2, 0.25) is 0 Å². The molecule has 1 aliphatic carbocycles. The molecule has 1 aromatic carbocycles. The fourth-order valence-electron chi connectivity index (χ4n) is 6.76. The van der Waals surface area contributed by atoms with Crippen LogP contribution in [0.3, 0.4) is 0 Å². The van der Waals surface area contributed by atoms with E-state index >= 15 is 0 Å². The summed E-state index contributed by atoms with van der Waals surface area (Å²) in [5, 5.41) is 2.15. The highest BCUT2D eigenvalue weighted by atomic mass is 16.7. The number of amides is 1. The van der Waals surface area contributed by atoms with Gasteiger partial charge in [-0.1, -0.05) is 24.3 Å². The first-order valence-corrected chi connectivity index (χ1v) is 11.6. The second kappa shape index (κ2) is 7.68. The minimum absolute atomic E-state index is 0.270. The van der Waals surface area contributed by atoms with Gasteiger partial charge in [-0.3, -0.25) is 9.63 Å². The van der Waals surface area contributed by atoms with E-state index in [-0.39, 0.29) is 5.41 Å². The first kappa shape index (κ1) is 19.5. The lowest BCUT2D eigenvalue weighted by Crippen LogP contribution is -2.52. The minimum Gasteiger partial charge on any atom is -0.338 e. The molecule has 3 fully saturated rings. The number of hydrogen-bond acceptors (Lipinski definition) is 4. The Morgan fingerprint density at radius 2 is 1.83 bits per heavy atom. The molecule has 0 aromatic heterocycles. The van der Waals surface area contributed by atoms with Crippen molar-refractivity contribution in [2.24, 2.45) is 5.92 Å². The smallest absolute Gasteiger partial charge is 0.223 e. The number of carbonyl (C=O) groups excluding carboxylic acids is 1. The number of rotatable bonds is 3. The van der Waals surface area contributed by atoms with Gasteiger partial charge < -0.3 is 9.80 Å². The monoisotopic (exact) mass is 397 g/mol. The van der Waals surface area contributed by atoms with Gasteiger partial charge in [-0.2, -0.15) is 5.06 Å². The fraction of sp³-hybridized carbons (Fsp3) is 0.708. The van der Waals surface area contributed by atoms with Crippen LogP contribution in [0.1, 0.15) is 62.6 Å². The number of benzene rings is 1. The number of piperidine rings is 2. The van der Waals surface area contributed by atoms with Gasteiger partial charge in [0.15, 0.2) is 0 Å². The van der Waals surface area contributed by atoms with E-state index in [2.05, 4.69) is 41.2 Å². The highest BCUT2D eigenvalue weighted by Crippen LogP contribution is 2.55. The average molecular weight is 398 g/mol. The van der Waals surface area contributed by atoms with Crippen LogP contribution in [0.4, 0.5) is 0 Å². The molecule has 1 unspecified atom stereocenters. The Hall–Kier alpha value is -1.43. The quantitative estimate of drug-likeness (QED) is 0.784. The molecular formula is C24H35N3O2. The summed E-state index contributed by atoms with van der Waals surface area (Å²) >= 11 is 0. The molecular weight excluding hydrogens is 362 g/mol. The van der Waals surface area contributed by atoms with Crippen LogP contribution in [0.5, 0.6) is 0 Å². The molecule has 158 valence electrons.